The van der Waals surface area contributed by atoms with E-state index in [9.17, 15) is 0 Å². The summed E-state index contributed by atoms with van der Waals surface area (Å²) in [6, 6.07) is 3.78. The summed E-state index contributed by atoms with van der Waals surface area (Å²) in [6.45, 7) is 5.11. The van der Waals surface area contributed by atoms with Crippen LogP contribution in [0.2, 0.25) is 0 Å². The summed E-state index contributed by atoms with van der Waals surface area (Å²) in [5, 5.41) is 6.78. The second kappa shape index (κ2) is 14.3. The molecule has 0 aliphatic carbocycles. The van der Waals surface area contributed by atoms with Gasteiger partial charge in [0.05, 0.1) is 11.9 Å². The van der Waals surface area contributed by atoms with Gasteiger partial charge < -0.3 is 10.6 Å². The summed E-state index contributed by atoms with van der Waals surface area (Å²) >= 11 is 5.30. The van der Waals surface area contributed by atoms with Crippen LogP contribution in [-0.2, 0) is 0 Å². The molecule has 2 N–H and O–H groups in total. The molecule has 0 saturated heterocycles. The van der Waals surface area contributed by atoms with Crippen molar-refractivity contribution in [1.82, 2.24) is 10.3 Å². The number of rotatable bonds is 11. The summed E-state index contributed by atoms with van der Waals surface area (Å²) < 4.78 is 0. The van der Waals surface area contributed by atoms with Crippen molar-refractivity contribution in [3.05, 3.63) is 48.5 Å². The average Bonchev–Trinajstić information content (AvgIpc) is 2.63. The fourth-order valence-corrected chi connectivity index (χ4v) is 2.44. The van der Waals surface area contributed by atoms with E-state index in [0.29, 0.717) is 5.11 Å². The third kappa shape index (κ3) is 11.2. The second-order valence-corrected chi connectivity index (χ2v) is 6.16. The van der Waals surface area contributed by atoms with Crippen molar-refractivity contribution in [3.8, 4) is 0 Å². The lowest BCUT2D eigenvalue weighted by Crippen LogP contribution is -2.27. The summed E-state index contributed by atoms with van der Waals surface area (Å²) in [7, 11) is 0. The SMILES string of the molecule is C/C=C(\C=C/C=NCCCCCCCC)NC(=S)Nc1cccnc1. The van der Waals surface area contributed by atoms with E-state index >= 15 is 0 Å². The number of nitrogens with zero attached hydrogens (tertiary/aromatic N) is 2. The Hall–Kier alpha value is -2.01. The second-order valence-electron chi connectivity index (χ2n) is 5.75. The summed E-state index contributed by atoms with van der Waals surface area (Å²) in [5.41, 5.74) is 1.78. The highest BCUT2D eigenvalue weighted by Gasteiger charge is 1.98. The van der Waals surface area contributed by atoms with Crippen LogP contribution in [0.1, 0.15) is 52.4 Å². The van der Waals surface area contributed by atoms with Crippen molar-refractivity contribution in [2.75, 3.05) is 11.9 Å². The van der Waals surface area contributed by atoms with Crippen LogP contribution in [0, 0.1) is 0 Å². The van der Waals surface area contributed by atoms with Crippen LogP contribution >= 0.6 is 12.2 Å². The molecule has 0 unspecified atom stereocenters. The van der Waals surface area contributed by atoms with Crippen molar-refractivity contribution in [3.63, 3.8) is 0 Å². The Morgan fingerprint density at radius 3 is 2.76 bits per heavy atom. The highest BCUT2D eigenvalue weighted by atomic mass is 32.1. The Kier molecular flexibility index (Phi) is 12.1. The number of nitrogens with one attached hydrogen (secondary N) is 2. The molecule has 0 aromatic carbocycles. The standard InChI is InChI=1S/C20H30N4S/c1-3-5-6-7-8-9-14-21-15-10-12-18(4-2)23-20(25)24-19-13-11-16-22-17-19/h4,10-13,15-17H,3,5-9,14H2,1-2H3,(H2,23,24,25)/b12-10-,18-4+,21-15?. The topological polar surface area (TPSA) is 49.3 Å². The number of anilines is 1. The quantitative estimate of drug-likeness (QED) is 0.245. The molecule has 136 valence electrons. The molecule has 25 heavy (non-hydrogen) atoms. The third-order valence-corrected chi connectivity index (χ3v) is 3.80. The first-order valence-corrected chi connectivity index (χ1v) is 9.48. The van der Waals surface area contributed by atoms with Gasteiger partial charge in [-0.05, 0) is 49.8 Å². The molecule has 4 nitrogen and oxygen atoms in total. The summed E-state index contributed by atoms with van der Waals surface area (Å²) in [5.74, 6) is 0. The minimum atomic E-state index is 0.537. The Labute approximate surface area is 157 Å². The van der Waals surface area contributed by atoms with Gasteiger partial charge in [0.15, 0.2) is 5.11 Å². The van der Waals surface area contributed by atoms with Crippen LogP contribution < -0.4 is 10.6 Å². The molecule has 0 bridgehead atoms. The molecule has 0 radical (unpaired) electrons. The van der Waals surface area contributed by atoms with Crippen LogP contribution in [0.3, 0.4) is 0 Å². The molecule has 5 heteroatoms. The van der Waals surface area contributed by atoms with Crippen molar-refractivity contribution >= 4 is 29.2 Å². The Morgan fingerprint density at radius 2 is 2.04 bits per heavy atom. The first kappa shape index (κ1) is 21.0. The van der Waals surface area contributed by atoms with Gasteiger partial charge in [0, 0.05) is 24.7 Å². The Morgan fingerprint density at radius 1 is 1.24 bits per heavy atom. The molecule has 0 amide bonds. The molecule has 0 aliphatic heterocycles. The number of aromatic nitrogens is 1. The Bertz CT molecular complexity index is 564. The minimum Gasteiger partial charge on any atom is -0.333 e. The van der Waals surface area contributed by atoms with Crippen LogP contribution in [0.5, 0.6) is 0 Å². The lowest BCUT2D eigenvalue weighted by molar-refractivity contribution is 0.613. The summed E-state index contributed by atoms with van der Waals surface area (Å²) in [6.07, 6.45) is 18.9. The number of aliphatic imine (C=N–C) groups is 1. The van der Waals surface area contributed by atoms with Gasteiger partial charge in [-0.3, -0.25) is 9.98 Å². The molecular formula is C20H30N4S. The van der Waals surface area contributed by atoms with E-state index in [1.807, 2.05) is 43.5 Å². The zero-order chi connectivity index (χ0) is 18.2. The molecular weight excluding hydrogens is 328 g/mol. The van der Waals surface area contributed by atoms with Gasteiger partial charge in [0.2, 0.25) is 0 Å². The normalized spacial score (nSPS) is 12.0. The first-order valence-electron chi connectivity index (χ1n) is 9.07. The van der Waals surface area contributed by atoms with Gasteiger partial charge in [-0.15, -0.1) is 0 Å². The number of unbranched alkanes of at least 4 members (excludes halogenated alkanes) is 5. The highest BCUT2D eigenvalue weighted by Crippen LogP contribution is 2.05. The maximum absolute atomic E-state index is 5.30. The molecule has 0 aliphatic rings. The average molecular weight is 359 g/mol. The van der Waals surface area contributed by atoms with Gasteiger partial charge in [-0.2, -0.15) is 0 Å². The van der Waals surface area contributed by atoms with Crippen molar-refractivity contribution in [2.45, 2.75) is 52.4 Å². The molecule has 1 aromatic heterocycles. The van der Waals surface area contributed by atoms with Crippen molar-refractivity contribution in [1.29, 1.82) is 0 Å². The highest BCUT2D eigenvalue weighted by molar-refractivity contribution is 7.80. The summed E-state index contributed by atoms with van der Waals surface area (Å²) in [4.78, 5) is 8.47. The lowest BCUT2D eigenvalue weighted by Gasteiger charge is -2.10. The zero-order valence-electron chi connectivity index (χ0n) is 15.4. The third-order valence-electron chi connectivity index (χ3n) is 3.60. The maximum atomic E-state index is 5.30. The number of thiocarbonyl (C=S) groups is 1. The largest absolute Gasteiger partial charge is 0.333 e. The number of hydrogen-bond donors (Lipinski definition) is 2. The maximum Gasteiger partial charge on any atom is 0.175 e. The van der Waals surface area contributed by atoms with E-state index in [4.69, 9.17) is 12.2 Å². The van der Waals surface area contributed by atoms with E-state index in [0.717, 1.165) is 17.9 Å². The van der Waals surface area contributed by atoms with Gasteiger partial charge in [0.25, 0.3) is 0 Å². The number of allylic oxidation sites excluding steroid dienone is 3. The molecule has 0 spiro atoms. The van der Waals surface area contributed by atoms with Gasteiger partial charge in [-0.25, -0.2) is 0 Å². The number of pyridine rings is 1. The van der Waals surface area contributed by atoms with Crippen LogP contribution in [0.15, 0.2) is 53.4 Å². The van der Waals surface area contributed by atoms with Crippen LogP contribution in [0.25, 0.3) is 0 Å². The monoisotopic (exact) mass is 358 g/mol. The predicted octanol–water partition coefficient (Wildman–Crippen LogP) is 5.26. The van der Waals surface area contributed by atoms with Crippen molar-refractivity contribution < 1.29 is 0 Å². The van der Waals surface area contributed by atoms with E-state index in [1.165, 1.54) is 38.5 Å². The minimum absolute atomic E-state index is 0.537. The van der Waals surface area contributed by atoms with Gasteiger partial charge >= 0.3 is 0 Å². The van der Waals surface area contributed by atoms with E-state index in [2.05, 4.69) is 27.5 Å². The van der Waals surface area contributed by atoms with Crippen LogP contribution in [0.4, 0.5) is 5.69 Å². The smallest absolute Gasteiger partial charge is 0.175 e. The molecule has 0 atom stereocenters. The van der Waals surface area contributed by atoms with E-state index in [-0.39, 0.29) is 0 Å². The molecule has 0 saturated carbocycles. The molecule has 1 heterocycles. The first-order chi connectivity index (χ1) is 12.3. The lowest BCUT2D eigenvalue weighted by atomic mass is 10.1. The van der Waals surface area contributed by atoms with Gasteiger partial charge in [0.1, 0.15) is 0 Å². The van der Waals surface area contributed by atoms with E-state index in [1.54, 1.807) is 12.4 Å². The zero-order valence-corrected chi connectivity index (χ0v) is 16.2. The predicted molar refractivity (Wildman–Crippen MR) is 113 cm³/mol. The fraction of sp³-hybridized carbons (Fsp3) is 0.450. The molecule has 1 aromatic rings. The van der Waals surface area contributed by atoms with Crippen LogP contribution in [-0.4, -0.2) is 22.9 Å². The Balaban J connectivity index is 2.23. The van der Waals surface area contributed by atoms with Gasteiger partial charge in [-0.1, -0.05) is 45.1 Å². The molecule has 0 fully saturated rings. The number of hydrogen-bond acceptors (Lipinski definition) is 3. The van der Waals surface area contributed by atoms with E-state index < -0.39 is 0 Å². The fourth-order valence-electron chi connectivity index (χ4n) is 2.21. The van der Waals surface area contributed by atoms with Crippen molar-refractivity contribution in [2.24, 2.45) is 4.99 Å². The molecule has 1 rings (SSSR count).